The minimum Gasteiger partial charge on any atom is -0.497 e. The largest absolute Gasteiger partial charge is 0.573 e. The summed E-state index contributed by atoms with van der Waals surface area (Å²) in [6.45, 7) is 0. The molecule has 0 aliphatic rings. The summed E-state index contributed by atoms with van der Waals surface area (Å²) in [5.74, 6) is 0.716. The fraction of sp³-hybridized carbons (Fsp3) is 0.250. The summed E-state index contributed by atoms with van der Waals surface area (Å²) in [5.41, 5.74) is 0.482. The van der Waals surface area contributed by atoms with E-state index in [1.165, 1.54) is 20.4 Å². The molecule has 8 nitrogen and oxygen atoms in total. The lowest BCUT2D eigenvalue weighted by Crippen LogP contribution is -2.31. The van der Waals surface area contributed by atoms with Crippen LogP contribution in [0.4, 0.5) is 13.2 Å². The second-order valence-electron chi connectivity index (χ2n) is 6.62. The van der Waals surface area contributed by atoms with E-state index in [2.05, 4.69) is 14.4 Å². The Morgan fingerprint density at radius 1 is 1.00 bits per heavy atom. The summed E-state index contributed by atoms with van der Waals surface area (Å²) in [5, 5.41) is 0. The first-order valence-corrected chi connectivity index (χ1v) is 10.6. The molecule has 0 bridgehead atoms. The molecule has 32 heavy (non-hydrogen) atoms. The average molecular weight is 471 g/mol. The van der Waals surface area contributed by atoms with Crippen LogP contribution in [-0.2, 0) is 17.1 Å². The smallest absolute Gasteiger partial charge is 0.497 e. The number of benzene rings is 2. The van der Waals surface area contributed by atoms with Crippen molar-refractivity contribution >= 4 is 10.0 Å². The van der Waals surface area contributed by atoms with E-state index in [1.54, 1.807) is 36.0 Å². The third kappa shape index (κ3) is 5.51. The van der Waals surface area contributed by atoms with Gasteiger partial charge in [0.15, 0.2) is 0 Å². The molecule has 12 heteroatoms. The lowest BCUT2D eigenvalue weighted by atomic mass is 10.1. The van der Waals surface area contributed by atoms with Gasteiger partial charge in [-0.3, -0.25) is 0 Å². The van der Waals surface area contributed by atoms with Crippen LogP contribution < -0.4 is 18.9 Å². The summed E-state index contributed by atoms with van der Waals surface area (Å²) in [4.78, 5) is 4.00. The van der Waals surface area contributed by atoms with Crippen LogP contribution in [0.25, 0.3) is 0 Å². The first-order chi connectivity index (χ1) is 15.0. The van der Waals surface area contributed by atoms with Crippen molar-refractivity contribution in [3.63, 3.8) is 0 Å². The number of aromatic nitrogens is 2. The first kappa shape index (κ1) is 23.4. The number of imidazole rings is 1. The van der Waals surface area contributed by atoms with Crippen LogP contribution >= 0.6 is 0 Å². The van der Waals surface area contributed by atoms with Gasteiger partial charge in [-0.15, -0.1) is 13.2 Å². The Hall–Kier alpha value is -3.25. The number of alkyl halides is 3. The lowest BCUT2D eigenvalue weighted by Gasteiger charge is -2.20. The zero-order chi connectivity index (χ0) is 23.5. The summed E-state index contributed by atoms with van der Waals surface area (Å²) >= 11 is 0. The molecule has 0 saturated heterocycles. The van der Waals surface area contributed by atoms with Crippen LogP contribution in [0.5, 0.6) is 17.2 Å². The Morgan fingerprint density at radius 3 is 2.06 bits per heavy atom. The number of nitrogens with zero attached hydrogens (tertiary/aromatic N) is 2. The number of ether oxygens (including phenoxy) is 3. The van der Waals surface area contributed by atoms with E-state index >= 15 is 0 Å². The summed E-state index contributed by atoms with van der Waals surface area (Å²) in [6, 6.07) is 7.83. The zero-order valence-corrected chi connectivity index (χ0v) is 18.1. The normalized spacial score (nSPS) is 12.9. The van der Waals surface area contributed by atoms with Crippen molar-refractivity contribution in [3.8, 4) is 17.2 Å². The Bertz CT molecular complexity index is 1160. The molecule has 1 aromatic heterocycles. The second kappa shape index (κ2) is 9.09. The van der Waals surface area contributed by atoms with Crippen molar-refractivity contribution in [2.24, 2.45) is 7.05 Å². The van der Waals surface area contributed by atoms with Crippen LogP contribution in [0, 0.1) is 0 Å². The van der Waals surface area contributed by atoms with E-state index < -0.39 is 28.2 Å². The molecule has 3 rings (SSSR count). The lowest BCUT2D eigenvalue weighted by molar-refractivity contribution is -0.274. The van der Waals surface area contributed by atoms with Gasteiger partial charge >= 0.3 is 6.36 Å². The van der Waals surface area contributed by atoms with Gasteiger partial charge in [-0.05, 0) is 42.0 Å². The molecule has 3 aromatic rings. The minimum absolute atomic E-state index is 0.249. The molecule has 0 unspecified atom stereocenters. The van der Waals surface area contributed by atoms with Gasteiger partial charge in [0.25, 0.3) is 0 Å². The molecule has 0 aliphatic carbocycles. The highest BCUT2D eigenvalue weighted by atomic mass is 32.2. The number of methoxy groups -OCH3 is 2. The van der Waals surface area contributed by atoms with Crippen molar-refractivity contribution in [2.75, 3.05) is 14.2 Å². The molecule has 172 valence electrons. The van der Waals surface area contributed by atoms with Crippen molar-refractivity contribution in [3.05, 3.63) is 66.2 Å². The summed E-state index contributed by atoms with van der Waals surface area (Å²) in [6.07, 6.45) is -1.72. The molecule has 1 atom stereocenters. The standard InChI is InChI=1S/C20H20F3N3O5S/c1-26-9-8-24-19(26)18(13-10-15(29-2)12-16(11-13)30-3)25-32(27,28)17-6-4-14(5-7-17)31-20(21,22)23/h4-12,18,25H,1-3H3/t18-/m0/s1. The predicted molar refractivity (Wildman–Crippen MR) is 108 cm³/mol. The van der Waals surface area contributed by atoms with E-state index in [1.807, 2.05) is 0 Å². The summed E-state index contributed by atoms with van der Waals surface area (Å²) in [7, 11) is 0.450. The number of hydrogen-bond acceptors (Lipinski definition) is 6. The molecule has 0 amide bonds. The molecule has 1 N–H and O–H groups in total. The van der Waals surface area contributed by atoms with Crippen molar-refractivity contribution in [1.29, 1.82) is 0 Å². The Kier molecular flexibility index (Phi) is 6.65. The SMILES string of the molecule is COc1cc(OC)cc([C@H](NS(=O)(=O)c2ccc(OC(F)(F)F)cc2)c2nccn2C)c1. The van der Waals surface area contributed by atoms with E-state index in [-0.39, 0.29) is 4.90 Å². The number of halogens is 3. The van der Waals surface area contributed by atoms with Crippen LogP contribution in [0.1, 0.15) is 17.4 Å². The molecule has 0 fully saturated rings. The number of rotatable bonds is 8. The maximum Gasteiger partial charge on any atom is 0.573 e. The number of nitrogens with one attached hydrogen (secondary N) is 1. The van der Waals surface area contributed by atoms with Gasteiger partial charge in [0, 0.05) is 25.5 Å². The van der Waals surface area contributed by atoms with Crippen LogP contribution in [-0.4, -0.2) is 38.6 Å². The Morgan fingerprint density at radius 2 is 1.59 bits per heavy atom. The highest BCUT2D eigenvalue weighted by molar-refractivity contribution is 7.89. The molecular weight excluding hydrogens is 451 g/mol. The van der Waals surface area contributed by atoms with E-state index in [9.17, 15) is 21.6 Å². The van der Waals surface area contributed by atoms with Gasteiger partial charge < -0.3 is 18.8 Å². The minimum atomic E-state index is -4.88. The monoisotopic (exact) mass is 471 g/mol. The maximum absolute atomic E-state index is 13.1. The van der Waals surface area contributed by atoms with Gasteiger partial charge in [-0.1, -0.05) is 0 Å². The van der Waals surface area contributed by atoms with Crippen molar-refractivity contribution in [1.82, 2.24) is 14.3 Å². The zero-order valence-electron chi connectivity index (χ0n) is 17.3. The molecule has 0 spiro atoms. The third-order valence-electron chi connectivity index (χ3n) is 4.46. The molecule has 0 saturated carbocycles. The topological polar surface area (TPSA) is 91.7 Å². The fourth-order valence-electron chi connectivity index (χ4n) is 2.96. The van der Waals surface area contributed by atoms with Gasteiger partial charge in [-0.2, -0.15) is 4.72 Å². The summed E-state index contributed by atoms with van der Waals surface area (Å²) < 4.78 is 81.8. The highest BCUT2D eigenvalue weighted by Crippen LogP contribution is 2.31. The number of sulfonamides is 1. The van der Waals surface area contributed by atoms with Gasteiger partial charge in [0.2, 0.25) is 10.0 Å². The third-order valence-corrected chi connectivity index (χ3v) is 5.90. The molecule has 0 radical (unpaired) electrons. The predicted octanol–water partition coefficient (Wildman–Crippen LogP) is 3.40. The average Bonchev–Trinajstić information content (AvgIpc) is 3.16. The Balaban J connectivity index is 1.99. The Labute approximate surface area is 182 Å². The van der Waals surface area contributed by atoms with E-state index in [0.29, 0.717) is 22.9 Å². The molecule has 2 aromatic carbocycles. The van der Waals surface area contributed by atoms with Gasteiger partial charge in [0.1, 0.15) is 29.1 Å². The second-order valence-corrected chi connectivity index (χ2v) is 8.33. The van der Waals surface area contributed by atoms with Crippen molar-refractivity contribution in [2.45, 2.75) is 17.3 Å². The maximum atomic E-state index is 13.1. The van der Waals surface area contributed by atoms with E-state index in [0.717, 1.165) is 24.3 Å². The van der Waals surface area contributed by atoms with E-state index in [4.69, 9.17) is 9.47 Å². The first-order valence-electron chi connectivity index (χ1n) is 9.11. The molecule has 1 heterocycles. The van der Waals surface area contributed by atoms with Crippen LogP contribution in [0.3, 0.4) is 0 Å². The highest BCUT2D eigenvalue weighted by Gasteiger charge is 2.31. The number of aryl methyl sites for hydroxylation is 1. The van der Waals surface area contributed by atoms with Crippen molar-refractivity contribution < 1.29 is 35.8 Å². The molecular formula is C20H20F3N3O5S. The quantitative estimate of drug-likeness (QED) is 0.542. The van der Waals surface area contributed by atoms with Gasteiger partial charge in [-0.25, -0.2) is 13.4 Å². The molecule has 0 aliphatic heterocycles. The van der Waals surface area contributed by atoms with Crippen LogP contribution in [0.2, 0.25) is 0 Å². The van der Waals surface area contributed by atoms with Gasteiger partial charge in [0.05, 0.1) is 19.1 Å². The fourth-order valence-corrected chi connectivity index (χ4v) is 4.15. The van der Waals surface area contributed by atoms with Crippen LogP contribution in [0.15, 0.2) is 59.8 Å². The number of hydrogen-bond donors (Lipinski definition) is 1.